The molecule has 0 aliphatic heterocycles. The second-order valence-corrected chi connectivity index (χ2v) is 5.07. The molecule has 16 heavy (non-hydrogen) atoms. The number of halogens is 1. The Hall–Kier alpha value is -0.730. The van der Waals surface area contributed by atoms with Crippen LogP contribution in [-0.4, -0.2) is 19.1 Å². The molecule has 0 saturated heterocycles. The maximum atomic E-state index is 6.24. The van der Waals surface area contributed by atoms with Crippen molar-refractivity contribution >= 4 is 17.3 Å². The molecule has 0 heterocycles. The molecular weight excluding hydrogens is 220 g/mol. The summed E-state index contributed by atoms with van der Waals surface area (Å²) in [6, 6.07) is 6.80. The molecule has 0 aliphatic rings. The molecule has 2 N–H and O–H groups in total. The Morgan fingerprint density at radius 3 is 2.38 bits per heavy atom. The third kappa shape index (κ3) is 3.39. The maximum Gasteiger partial charge on any atom is 0.0459 e. The van der Waals surface area contributed by atoms with Crippen LogP contribution in [0.4, 0.5) is 5.69 Å². The second kappa shape index (κ2) is 5.55. The van der Waals surface area contributed by atoms with Crippen molar-refractivity contribution in [1.82, 2.24) is 0 Å². The molecule has 3 heteroatoms. The number of nitrogens with two attached hydrogens (primary N) is 1. The number of benzene rings is 1. The van der Waals surface area contributed by atoms with Crippen LogP contribution in [0.5, 0.6) is 0 Å². The fraction of sp³-hybridized carbons (Fsp3) is 0.538. The van der Waals surface area contributed by atoms with Gasteiger partial charge in [-0.25, -0.2) is 0 Å². The Labute approximate surface area is 103 Å². The number of nitrogens with zero attached hydrogens (tertiary/aromatic N) is 1. The first kappa shape index (κ1) is 13.3. The standard InChI is InChI=1S/C13H21ClN2/c1-9(2)16(4)12-6-5-11(7-10(3)15)13(14)8-12/h5-6,8-10H,7,15H2,1-4H3. The zero-order valence-corrected chi connectivity index (χ0v) is 11.3. The topological polar surface area (TPSA) is 29.3 Å². The number of hydrogen-bond donors (Lipinski definition) is 1. The van der Waals surface area contributed by atoms with E-state index in [1.54, 1.807) is 0 Å². The van der Waals surface area contributed by atoms with E-state index in [0.717, 1.165) is 22.7 Å². The summed E-state index contributed by atoms with van der Waals surface area (Å²) in [6.07, 6.45) is 0.824. The lowest BCUT2D eigenvalue weighted by molar-refractivity contribution is 0.735. The number of anilines is 1. The van der Waals surface area contributed by atoms with Crippen molar-refractivity contribution in [3.05, 3.63) is 28.8 Å². The Bertz CT molecular complexity index is 348. The molecule has 0 radical (unpaired) electrons. The van der Waals surface area contributed by atoms with Crippen LogP contribution in [-0.2, 0) is 6.42 Å². The van der Waals surface area contributed by atoms with Crippen LogP contribution < -0.4 is 10.6 Å². The zero-order chi connectivity index (χ0) is 12.3. The lowest BCUT2D eigenvalue weighted by Crippen LogP contribution is -2.25. The van der Waals surface area contributed by atoms with Gasteiger partial charge in [0.25, 0.3) is 0 Å². The summed E-state index contributed by atoms with van der Waals surface area (Å²) in [4.78, 5) is 2.20. The lowest BCUT2D eigenvalue weighted by Gasteiger charge is -2.24. The summed E-state index contributed by atoms with van der Waals surface area (Å²) in [5.41, 5.74) is 8.04. The van der Waals surface area contributed by atoms with Gasteiger partial charge < -0.3 is 10.6 Å². The van der Waals surface area contributed by atoms with E-state index in [0.29, 0.717) is 6.04 Å². The fourth-order valence-corrected chi connectivity index (χ4v) is 1.82. The van der Waals surface area contributed by atoms with Crippen molar-refractivity contribution in [2.24, 2.45) is 5.73 Å². The van der Waals surface area contributed by atoms with Gasteiger partial charge in [0.15, 0.2) is 0 Å². The zero-order valence-electron chi connectivity index (χ0n) is 10.5. The maximum absolute atomic E-state index is 6.24. The molecule has 0 saturated carbocycles. The van der Waals surface area contributed by atoms with E-state index in [4.69, 9.17) is 17.3 Å². The molecule has 2 nitrogen and oxygen atoms in total. The first-order chi connectivity index (χ1) is 7.41. The van der Waals surface area contributed by atoms with E-state index in [9.17, 15) is 0 Å². The van der Waals surface area contributed by atoms with Crippen molar-refractivity contribution in [1.29, 1.82) is 0 Å². The average Bonchev–Trinajstić information content (AvgIpc) is 2.19. The molecule has 0 fully saturated rings. The van der Waals surface area contributed by atoms with Gasteiger partial charge in [0.05, 0.1) is 0 Å². The molecule has 90 valence electrons. The van der Waals surface area contributed by atoms with Crippen LogP contribution in [0.3, 0.4) is 0 Å². The molecule has 1 aromatic carbocycles. The van der Waals surface area contributed by atoms with Crippen molar-refractivity contribution in [2.75, 3.05) is 11.9 Å². The Morgan fingerprint density at radius 1 is 1.31 bits per heavy atom. The minimum absolute atomic E-state index is 0.145. The smallest absolute Gasteiger partial charge is 0.0459 e. The quantitative estimate of drug-likeness (QED) is 0.877. The molecular formula is C13H21ClN2. The molecule has 1 aromatic rings. The minimum Gasteiger partial charge on any atom is -0.372 e. The Balaban J connectivity index is 2.90. The largest absolute Gasteiger partial charge is 0.372 e. The summed E-state index contributed by atoms with van der Waals surface area (Å²) < 4.78 is 0. The van der Waals surface area contributed by atoms with Gasteiger partial charge in [0, 0.05) is 29.8 Å². The predicted molar refractivity (Wildman–Crippen MR) is 72.3 cm³/mol. The molecule has 0 amide bonds. The van der Waals surface area contributed by atoms with Crippen LogP contribution >= 0.6 is 11.6 Å². The first-order valence-electron chi connectivity index (χ1n) is 5.68. The van der Waals surface area contributed by atoms with Gasteiger partial charge in [-0.3, -0.25) is 0 Å². The third-order valence-corrected chi connectivity index (χ3v) is 3.11. The van der Waals surface area contributed by atoms with Gasteiger partial charge in [-0.2, -0.15) is 0 Å². The van der Waals surface area contributed by atoms with Gasteiger partial charge >= 0.3 is 0 Å². The fourth-order valence-electron chi connectivity index (χ4n) is 1.57. The van der Waals surface area contributed by atoms with Crippen LogP contribution in [0.2, 0.25) is 5.02 Å². The predicted octanol–water partition coefficient (Wildman–Crippen LogP) is 3.07. The molecule has 0 spiro atoms. The van der Waals surface area contributed by atoms with Crippen LogP contribution in [0.1, 0.15) is 26.3 Å². The van der Waals surface area contributed by atoms with Crippen LogP contribution in [0, 0.1) is 0 Å². The second-order valence-electron chi connectivity index (χ2n) is 4.66. The van der Waals surface area contributed by atoms with Crippen molar-refractivity contribution in [2.45, 2.75) is 39.3 Å². The van der Waals surface area contributed by atoms with Gasteiger partial charge in [-0.05, 0) is 44.9 Å². The molecule has 0 bridgehead atoms. The summed E-state index contributed by atoms with van der Waals surface area (Å²) in [7, 11) is 2.07. The van der Waals surface area contributed by atoms with Gasteiger partial charge in [-0.1, -0.05) is 17.7 Å². The average molecular weight is 241 g/mol. The summed E-state index contributed by atoms with van der Waals surface area (Å²) in [5, 5.41) is 0.808. The van der Waals surface area contributed by atoms with E-state index in [1.165, 1.54) is 0 Å². The van der Waals surface area contributed by atoms with Crippen molar-refractivity contribution in [3.8, 4) is 0 Å². The lowest BCUT2D eigenvalue weighted by atomic mass is 10.1. The first-order valence-corrected chi connectivity index (χ1v) is 6.06. The minimum atomic E-state index is 0.145. The highest BCUT2D eigenvalue weighted by molar-refractivity contribution is 6.31. The van der Waals surface area contributed by atoms with Gasteiger partial charge in [0.2, 0.25) is 0 Å². The van der Waals surface area contributed by atoms with E-state index in [2.05, 4.69) is 37.9 Å². The van der Waals surface area contributed by atoms with Crippen molar-refractivity contribution in [3.63, 3.8) is 0 Å². The Kier molecular flexibility index (Phi) is 4.63. The highest BCUT2D eigenvalue weighted by Crippen LogP contribution is 2.24. The normalized spacial score (nSPS) is 12.9. The van der Waals surface area contributed by atoms with E-state index >= 15 is 0 Å². The van der Waals surface area contributed by atoms with Gasteiger partial charge in [-0.15, -0.1) is 0 Å². The molecule has 1 unspecified atom stereocenters. The Morgan fingerprint density at radius 2 is 1.94 bits per heavy atom. The van der Waals surface area contributed by atoms with E-state index < -0.39 is 0 Å². The molecule has 1 rings (SSSR count). The van der Waals surface area contributed by atoms with E-state index in [1.807, 2.05) is 13.0 Å². The summed E-state index contributed by atoms with van der Waals surface area (Å²) in [6.45, 7) is 6.30. The summed E-state index contributed by atoms with van der Waals surface area (Å²) in [5.74, 6) is 0. The number of hydrogen-bond acceptors (Lipinski definition) is 2. The van der Waals surface area contributed by atoms with Crippen molar-refractivity contribution < 1.29 is 0 Å². The molecule has 0 aromatic heterocycles. The molecule has 1 atom stereocenters. The summed E-state index contributed by atoms with van der Waals surface area (Å²) >= 11 is 6.24. The third-order valence-electron chi connectivity index (χ3n) is 2.76. The molecule has 0 aliphatic carbocycles. The van der Waals surface area contributed by atoms with E-state index in [-0.39, 0.29) is 6.04 Å². The highest BCUT2D eigenvalue weighted by atomic mass is 35.5. The SMILES string of the molecule is CC(N)Cc1ccc(N(C)C(C)C)cc1Cl. The highest BCUT2D eigenvalue weighted by Gasteiger charge is 2.08. The van der Waals surface area contributed by atoms with Crippen LogP contribution in [0.15, 0.2) is 18.2 Å². The monoisotopic (exact) mass is 240 g/mol. The van der Waals surface area contributed by atoms with Gasteiger partial charge in [0.1, 0.15) is 0 Å². The number of rotatable bonds is 4. The van der Waals surface area contributed by atoms with Crippen LogP contribution in [0.25, 0.3) is 0 Å².